The fourth-order valence-corrected chi connectivity index (χ4v) is 5.31. The fourth-order valence-electron chi connectivity index (χ4n) is 4.11. The molecule has 4 nitrogen and oxygen atoms in total. The van der Waals surface area contributed by atoms with Crippen molar-refractivity contribution in [2.75, 3.05) is 0 Å². The van der Waals surface area contributed by atoms with E-state index >= 15 is 0 Å². The highest BCUT2D eigenvalue weighted by Gasteiger charge is 2.23. The van der Waals surface area contributed by atoms with Gasteiger partial charge in [-0.2, -0.15) is 0 Å². The van der Waals surface area contributed by atoms with Gasteiger partial charge in [-0.15, -0.1) is 0 Å². The van der Waals surface area contributed by atoms with E-state index in [0.29, 0.717) is 0 Å². The van der Waals surface area contributed by atoms with E-state index in [0.717, 1.165) is 44.6 Å². The van der Waals surface area contributed by atoms with E-state index in [4.69, 9.17) is 10.8 Å². The summed E-state index contributed by atoms with van der Waals surface area (Å²) in [6.45, 7) is 2.13. The van der Waals surface area contributed by atoms with Crippen LogP contribution in [0.15, 0.2) is 106 Å². The molecule has 0 saturated carbocycles. The average molecular weight is 554 g/mol. The Hall–Kier alpha value is -3.58. The van der Waals surface area contributed by atoms with Gasteiger partial charge in [-0.05, 0) is 67.6 Å². The van der Waals surface area contributed by atoms with Crippen LogP contribution in [0, 0.1) is 16.7 Å². The maximum Gasteiger partial charge on any atom is 0.0864 e. The molecular formula is C29H23IN4. The lowest BCUT2D eigenvalue weighted by atomic mass is 9.83. The number of allylic oxidation sites excluding steroid dienone is 12. The van der Waals surface area contributed by atoms with E-state index < -0.39 is 0 Å². The lowest BCUT2D eigenvalue weighted by molar-refractivity contribution is 0.885. The summed E-state index contributed by atoms with van der Waals surface area (Å²) in [6.07, 6.45) is 20.0. The van der Waals surface area contributed by atoms with Gasteiger partial charge in [-0.1, -0.05) is 61.6 Å². The van der Waals surface area contributed by atoms with Gasteiger partial charge in [0.15, 0.2) is 0 Å². The number of hydrogen-bond donors (Lipinski definition) is 2. The smallest absolute Gasteiger partial charge is 0.0864 e. The van der Waals surface area contributed by atoms with Crippen molar-refractivity contribution < 1.29 is 0 Å². The van der Waals surface area contributed by atoms with Crippen LogP contribution in [0.4, 0.5) is 0 Å². The molecule has 0 radical (unpaired) electrons. The van der Waals surface area contributed by atoms with Crippen molar-refractivity contribution >= 4 is 59.4 Å². The van der Waals surface area contributed by atoms with Gasteiger partial charge in [-0.3, -0.25) is 15.8 Å². The summed E-state index contributed by atoms with van der Waals surface area (Å²) in [5.41, 5.74) is 8.71. The molecule has 3 aliphatic rings. The highest BCUT2D eigenvalue weighted by atomic mass is 127. The first kappa shape index (κ1) is 22.2. The Morgan fingerprint density at radius 1 is 0.853 bits per heavy atom. The Balaban J connectivity index is 1.49. The Bertz CT molecular complexity index is 1410. The number of benzene rings is 1. The summed E-state index contributed by atoms with van der Waals surface area (Å²) in [4.78, 5) is 4.23. The molecule has 1 aliphatic heterocycles. The molecule has 0 spiro atoms. The first-order valence-electron chi connectivity index (χ1n) is 11.0. The topological polar surface area (TPSA) is 73.0 Å². The van der Waals surface area contributed by atoms with Crippen molar-refractivity contribution in [2.45, 2.75) is 6.92 Å². The lowest BCUT2D eigenvalue weighted by Gasteiger charge is -2.21. The zero-order valence-electron chi connectivity index (χ0n) is 18.7. The number of halogens is 1. The molecule has 1 atom stereocenters. The largest absolute Gasteiger partial charge is 0.299 e. The lowest BCUT2D eigenvalue weighted by Crippen LogP contribution is -2.20. The molecule has 0 bridgehead atoms. The van der Waals surface area contributed by atoms with Crippen molar-refractivity contribution in [1.29, 1.82) is 10.8 Å². The quantitative estimate of drug-likeness (QED) is 0.316. The van der Waals surface area contributed by atoms with E-state index in [1.54, 1.807) is 12.3 Å². The van der Waals surface area contributed by atoms with Gasteiger partial charge in [0.1, 0.15) is 0 Å². The number of nitrogens with zero attached hydrogens (tertiary/aromatic N) is 2. The van der Waals surface area contributed by atoms with Crippen LogP contribution in [-0.4, -0.2) is 26.6 Å². The summed E-state index contributed by atoms with van der Waals surface area (Å²) in [6, 6.07) is 12.3. The second-order valence-corrected chi connectivity index (χ2v) is 10.1. The Morgan fingerprint density at radius 3 is 2.35 bits per heavy atom. The summed E-state index contributed by atoms with van der Waals surface area (Å²) in [5.74, 6) is 0.114. The predicted octanol–water partition coefficient (Wildman–Crippen LogP) is 6.82. The Morgan fingerprint density at radius 2 is 1.65 bits per heavy atom. The van der Waals surface area contributed by atoms with Crippen molar-refractivity contribution in [3.05, 3.63) is 119 Å². The van der Waals surface area contributed by atoms with E-state index in [1.807, 2.05) is 30.6 Å². The van der Waals surface area contributed by atoms with Crippen molar-refractivity contribution in [3.63, 3.8) is 0 Å². The van der Waals surface area contributed by atoms with Gasteiger partial charge in [0.2, 0.25) is 0 Å². The van der Waals surface area contributed by atoms with Crippen LogP contribution in [0.2, 0.25) is 0 Å². The van der Waals surface area contributed by atoms with E-state index in [2.05, 4.69) is 73.8 Å². The van der Waals surface area contributed by atoms with Crippen molar-refractivity contribution in [2.24, 2.45) is 9.12 Å². The van der Waals surface area contributed by atoms with Crippen LogP contribution in [0.25, 0.3) is 16.7 Å². The predicted molar refractivity (Wildman–Crippen MR) is 153 cm³/mol. The Labute approximate surface area is 209 Å². The van der Waals surface area contributed by atoms with Crippen molar-refractivity contribution in [3.8, 4) is 0 Å². The second-order valence-electron chi connectivity index (χ2n) is 8.23. The van der Waals surface area contributed by atoms with Crippen LogP contribution < -0.4 is 0 Å². The standard InChI is InChI=1S/C29H23IN4/c1-19-4-5-20(23-3-2-14-33-17-23)10-11-26(19)27-15-25(16-28(31)29(27)32)22-8-6-21(7-9-22)24-12-13-30-34-18-24/h2-19,31-32H,1H3. The maximum atomic E-state index is 8.63. The molecule has 2 aromatic rings. The summed E-state index contributed by atoms with van der Waals surface area (Å²) < 4.78 is 6.60. The SMILES string of the molecule is CC1C=CC(c2cccnc2)=CC=C1C1=CC(c2ccc(C3=CC=IN=C3)cc2)=CC(=N)C1=N. The number of pyridine rings is 1. The molecule has 0 amide bonds. The number of aromatic nitrogens is 1. The molecule has 5 rings (SSSR count). The van der Waals surface area contributed by atoms with Gasteiger partial charge in [-0.25, -0.2) is 3.21 Å². The highest BCUT2D eigenvalue weighted by Crippen LogP contribution is 2.33. The molecular weight excluding hydrogens is 531 g/mol. The molecule has 0 saturated heterocycles. The van der Waals surface area contributed by atoms with Crippen LogP contribution in [-0.2, 0) is 0 Å². The fraction of sp³-hybridized carbons (Fsp3) is 0.0690. The molecule has 34 heavy (non-hydrogen) atoms. The molecule has 2 heterocycles. The second kappa shape index (κ2) is 9.73. The van der Waals surface area contributed by atoms with Gasteiger partial charge in [0, 0.05) is 50.8 Å². The number of rotatable bonds is 4. The first-order chi connectivity index (χ1) is 16.6. The first-order valence-corrected chi connectivity index (χ1v) is 13.2. The zero-order chi connectivity index (χ0) is 23.5. The minimum atomic E-state index is -0.175. The highest BCUT2D eigenvalue weighted by molar-refractivity contribution is 14.2. The summed E-state index contributed by atoms with van der Waals surface area (Å²) in [7, 11) is 0. The molecule has 1 aromatic heterocycles. The minimum absolute atomic E-state index is 0.114. The zero-order valence-corrected chi connectivity index (χ0v) is 20.8. The molecule has 166 valence electrons. The summed E-state index contributed by atoms with van der Waals surface area (Å²) in [5, 5.41) is 17.1. The molecule has 1 unspecified atom stereocenters. The van der Waals surface area contributed by atoms with E-state index in [-0.39, 0.29) is 38.3 Å². The van der Waals surface area contributed by atoms with Gasteiger partial charge in [0.25, 0.3) is 0 Å². The molecule has 2 aliphatic carbocycles. The van der Waals surface area contributed by atoms with Crippen LogP contribution in [0.3, 0.4) is 0 Å². The molecule has 2 N–H and O–H groups in total. The molecule has 1 aromatic carbocycles. The van der Waals surface area contributed by atoms with Crippen LogP contribution in [0.1, 0.15) is 23.6 Å². The number of nitrogens with one attached hydrogen (secondary N) is 2. The van der Waals surface area contributed by atoms with Gasteiger partial charge < -0.3 is 0 Å². The minimum Gasteiger partial charge on any atom is -0.299 e. The normalized spacial score (nSPS) is 19.9. The van der Waals surface area contributed by atoms with Gasteiger partial charge >= 0.3 is 0 Å². The molecule has 0 fully saturated rings. The van der Waals surface area contributed by atoms with Crippen molar-refractivity contribution in [1.82, 2.24) is 4.98 Å². The maximum absolute atomic E-state index is 8.63. The van der Waals surface area contributed by atoms with E-state index in [1.165, 1.54) is 0 Å². The Kier molecular flexibility index (Phi) is 6.36. The third-order valence-corrected chi connectivity index (χ3v) is 7.32. The van der Waals surface area contributed by atoms with Gasteiger partial charge in [0.05, 0.1) is 11.4 Å². The number of hydrogen-bond acceptors (Lipinski definition) is 4. The van der Waals surface area contributed by atoms with Crippen LogP contribution in [0.5, 0.6) is 0 Å². The third-order valence-electron chi connectivity index (χ3n) is 6.04. The average Bonchev–Trinajstić information content (AvgIpc) is 3.08. The monoisotopic (exact) mass is 554 g/mol. The third kappa shape index (κ3) is 4.56. The summed E-state index contributed by atoms with van der Waals surface area (Å²) >= 11 is -0.175. The van der Waals surface area contributed by atoms with Crippen LogP contribution >= 0.6 is 21.0 Å². The molecule has 5 heteroatoms. The van der Waals surface area contributed by atoms with E-state index in [9.17, 15) is 0 Å².